The second-order valence-corrected chi connectivity index (χ2v) is 4.73. The van der Waals surface area contributed by atoms with E-state index in [-0.39, 0.29) is 12.2 Å². The summed E-state index contributed by atoms with van der Waals surface area (Å²) < 4.78 is 10.6. The maximum absolute atomic E-state index is 11.1. The van der Waals surface area contributed by atoms with Crippen LogP contribution >= 0.6 is 0 Å². The fourth-order valence-corrected chi connectivity index (χ4v) is 1.94. The number of hydrogen-bond donors (Lipinski definition) is 0. The first kappa shape index (κ1) is 14.3. The molecular weight excluding hydrogens is 218 g/mol. The van der Waals surface area contributed by atoms with E-state index in [4.69, 9.17) is 9.47 Å². The number of unbranched alkanes of at least 4 members (excludes halogenated alkanes) is 5. The number of rotatable bonds is 9. The largest absolute Gasteiger partial charge is 0.442 e. The van der Waals surface area contributed by atoms with Gasteiger partial charge in [0.1, 0.15) is 6.10 Å². The maximum atomic E-state index is 11.1. The van der Waals surface area contributed by atoms with Crippen LogP contribution in [0.4, 0.5) is 4.79 Å². The van der Waals surface area contributed by atoms with Gasteiger partial charge in [0.2, 0.25) is 0 Å². The highest BCUT2D eigenvalue weighted by molar-refractivity contribution is 5.69. The van der Waals surface area contributed by atoms with Crippen LogP contribution in [-0.2, 0) is 9.47 Å². The molecule has 0 aromatic rings. The summed E-state index contributed by atoms with van der Waals surface area (Å²) in [6, 6.07) is 0. The van der Waals surface area contributed by atoms with Crippen molar-refractivity contribution in [2.45, 2.75) is 51.6 Å². The van der Waals surface area contributed by atoms with E-state index < -0.39 is 0 Å². The van der Waals surface area contributed by atoms with Gasteiger partial charge >= 0.3 is 6.09 Å². The Balaban J connectivity index is 1.86. The summed E-state index contributed by atoms with van der Waals surface area (Å²) in [5, 5.41) is 0. The van der Waals surface area contributed by atoms with Crippen molar-refractivity contribution in [1.29, 1.82) is 0 Å². The lowest BCUT2D eigenvalue weighted by Crippen LogP contribution is -2.22. The molecule has 17 heavy (non-hydrogen) atoms. The van der Waals surface area contributed by atoms with Gasteiger partial charge < -0.3 is 14.4 Å². The van der Waals surface area contributed by atoms with E-state index >= 15 is 0 Å². The summed E-state index contributed by atoms with van der Waals surface area (Å²) in [5.41, 5.74) is 0. The fraction of sp³-hybridized carbons (Fsp3) is 0.923. The SMILES string of the molecule is CCCCCCCCOCC1CN(C)C(=O)O1. The summed E-state index contributed by atoms with van der Waals surface area (Å²) in [5.74, 6) is 0. The van der Waals surface area contributed by atoms with E-state index in [1.165, 1.54) is 32.1 Å². The molecule has 100 valence electrons. The molecule has 1 heterocycles. The van der Waals surface area contributed by atoms with Gasteiger partial charge in [0.05, 0.1) is 13.2 Å². The molecule has 1 amide bonds. The second-order valence-electron chi connectivity index (χ2n) is 4.73. The second kappa shape index (κ2) is 8.34. The number of carbonyl (C=O) groups excluding carboxylic acids is 1. The molecule has 1 aliphatic heterocycles. The topological polar surface area (TPSA) is 38.8 Å². The number of carbonyl (C=O) groups is 1. The smallest absolute Gasteiger partial charge is 0.410 e. The third-order valence-electron chi connectivity index (χ3n) is 3.00. The minimum Gasteiger partial charge on any atom is -0.442 e. The molecule has 0 saturated carbocycles. The molecule has 0 radical (unpaired) electrons. The summed E-state index contributed by atoms with van der Waals surface area (Å²) in [6.45, 7) is 4.19. The lowest BCUT2D eigenvalue weighted by molar-refractivity contribution is 0.0443. The van der Waals surface area contributed by atoms with Gasteiger partial charge in [-0.25, -0.2) is 4.79 Å². The standard InChI is InChI=1S/C13H25NO3/c1-3-4-5-6-7-8-9-16-11-12-10-14(2)13(15)17-12/h12H,3-11H2,1-2H3. The van der Waals surface area contributed by atoms with Crippen LogP contribution in [0.2, 0.25) is 0 Å². The van der Waals surface area contributed by atoms with Gasteiger partial charge in [-0.05, 0) is 6.42 Å². The minimum absolute atomic E-state index is 0.0763. The highest BCUT2D eigenvalue weighted by Gasteiger charge is 2.27. The summed E-state index contributed by atoms with van der Waals surface area (Å²) in [7, 11) is 1.75. The first-order chi connectivity index (χ1) is 8.24. The van der Waals surface area contributed by atoms with Crippen molar-refractivity contribution in [1.82, 2.24) is 4.90 Å². The Morgan fingerprint density at radius 2 is 2.00 bits per heavy atom. The Morgan fingerprint density at radius 3 is 2.65 bits per heavy atom. The molecule has 0 spiro atoms. The van der Waals surface area contributed by atoms with Crippen LogP contribution < -0.4 is 0 Å². The Kier molecular flexibility index (Phi) is 7.01. The molecule has 1 saturated heterocycles. The van der Waals surface area contributed by atoms with Crippen molar-refractivity contribution in [3.8, 4) is 0 Å². The Morgan fingerprint density at radius 1 is 1.29 bits per heavy atom. The van der Waals surface area contributed by atoms with E-state index in [0.717, 1.165) is 13.0 Å². The predicted octanol–water partition coefficient (Wildman–Crippen LogP) is 2.81. The molecule has 4 heteroatoms. The molecule has 0 bridgehead atoms. The van der Waals surface area contributed by atoms with Crippen molar-refractivity contribution in [3.63, 3.8) is 0 Å². The van der Waals surface area contributed by atoms with Crippen molar-refractivity contribution in [2.75, 3.05) is 26.8 Å². The molecule has 1 rings (SSSR count). The van der Waals surface area contributed by atoms with Crippen LogP contribution in [-0.4, -0.2) is 43.9 Å². The van der Waals surface area contributed by atoms with Gasteiger partial charge in [-0.1, -0.05) is 39.0 Å². The zero-order chi connectivity index (χ0) is 12.5. The third-order valence-corrected chi connectivity index (χ3v) is 3.00. The van der Waals surface area contributed by atoms with Crippen molar-refractivity contribution < 1.29 is 14.3 Å². The zero-order valence-corrected chi connectivity index (χ0v) is 11.1. The van der Waals surface area contributed by atoms with E-state index in [0.29, 0.717) is 13.2 Å². The maximum Gasteiger partial charge on any atom is 0.410 e. The van der Waals surface area contributed by atoms with Gasteiger partial charge in [0.25, 0.3) is 0 Å². The summed E-state index contributed by atoms with van der Waals surface area (Å²) >= 11 is 0. The summed E-state index contributed by atoms with van der Waals surface area (Å²) in [6.07, 6.45) is 7.30. The van der Waals surface area contributed by atoms with Crippen LogP contribution in [0.15, 0.2) is 0 Å². The van der Waals surface area contributed by atoms with Gasteiger partial charge in [-0.15, -0.1) is 0 Å². The van der Waals surface area contributed by atoms with Gasteiger partial charge in [-0.3, -0.25) is 0 Å². The predicted molar refractivity (Wildman–Crippen MR) is 67.1 cm³/mol. The molecule has 1 atom stereocenters. The molecule has 0 aliphatic carbocycles. The Bertz CT molecular complexity index is 221. The molecular formula is C13H25NO3. The highest BCUT2D eigenvalue weighted by Crippen LogP contribution is 2.09. The van der Waals surface area contributed by atoms with Crippen LogP contribution in [0.3, 0.4) is 0 Å². The van der Waals surface area contributed by atoms with Crippen molar-refractivity contribution in [2.24, 2.45) is 0 Å². The number of ether oxygens (including phenoxy) is 2. The monoisotopic (exact) mass is 243 g/mol. The average molecular weight is 243 g/mol. The Labute approximate surface area is 104 Å². The normalized spacial score (nSPS) is 19.8. The van der Waals surface area contributed by atoms with E-state index in [9.17, 15) is 4.79 Å². The van der Waals surface area contributed by atoms with Gasteiger partial charge in [0.15, 0.2) is 0 Å². The van der Waals surface area contributed by atoms with Crippen molar-refractivity contribution >= 4 is 6.09 Å². The number of nitrogens with zero attached hydrogens (tertiary/aromatic N) is 1. The molecule has 1 unspecified atom stereocenters. The zero-order valence-electron chi connectivity index (χ0n) is 11.1. The summed E-state index contributed by atoms with van der Waals surface area (Å²) in [4.78, 5) is 12.7. The van der Waals surface area contributed by atoms with Crippen LogP contribution in [0.1, 0.15) is 45.4 Å². The average Bonchev–Trinajstić information content (AvgIpc) is 2.62. The van der Waals surface area contributed by atoms with E-state index in [1.54, 1.807) is 11.9 Å². The molecule has 4 nitrogen and oxygen atoms in total. The first-order valence-electron chi connectivity index (χ1n) is 6.73. The number of cyclic esters (lactones) is 1. The van der Waals surface area contributed by atoms with Crippen LogP contribution in [0, 0.1) is 0 Å². The number of amides is 1. The number of likely N-dealkylation sites (N-methyl/N-ethyl adjacent to an activating group) is 1. The highest BCUT2D eigenvalue weighted by atomic mass is 16.6. The fourth-order valence-electron chi connectivity index (χ4n) is 1.94. The van der Waals surface area contributed by atoms with E-state index in [1.807, 2.05) is 0 Å². The minimum atomic E-state index is -0.238. The molecule has 0 N–H and O–H groups in total. The van der Waals surface area contributed by atoms with E-state index in [2.05, 4.69) is 6.92 Å². The lowest BCUT2D eigenvalue weighted by Gasteiger charge is -2.08. The lowest BCUT2D eigenvalue weighted by atomic mass is 10.1. The first-order valence-corrected chi connectivity index (χ1v) is 6.73. The molecule has 1 fully saturated rings. The van der Waals surface area contributed by atoms with Gasteiger partial charge in [-0.2, -0.15) is 0 Å². The Hall–Kier alpha value is -0.770. The molecule has 0 aromatic carbocycles. The van der Waals surface area contributed by atoms with Crippen LogP contribution in [0.25, 0.3) is 0 Å². The number of hydrogen-bond acceptors (Lipinski definition) is 3. The molecule has 1 aliphatic rings. The quantitative estimate of drug-likeness (QED) is 0.584. The van der Waals surface area contributed by atoms with Crippen LogP contribution in [0.5, 0.6) is 0 Å². The van der Waals surface area contributed by atoms with Crippen molar-refractivity contribution in [3.05, 3.63) is 0 Å². The molecule has 0 aromatic heterocycles. The third kappa shape index (κ3) is 5.91. The van der Waals surface area contributed by atoms with Gasteiger partial charge in [0, 0.05) is 13.7 Å².